The van der Waals surface area contributed by atoms with Gasteiger partial charge in [0.1, 0.15) is 0 Å². The Morgan fingerprint density at radius 2 is 1.94 bits per heavy atom. The molecule has 0 radical (unpaired) electrons. The number of ether oxygens (including phenoxy) is 2. The van der Waals surface area contributed by atoms with E-state index >= 15 is 0 Å². The average Bonchev–Trinajstić information content (AvgIpc) is 3.85. The number of aliphatic hydroxyl groups excluding tert-OH is 1. The molecule has 4 fully saturated rings. The highest BCUT2D eigenvalue weighted by molar-refractivity contribution is 6.23. The minimum absolute atomic E-state index is 0.0347. The number of likely N-dealkylation sites (N-methyl/N-ethyl adjacent to an activating group) is 1. The van der Waals surface area contributed by atoms with Crippen LogP contribution in [0.3, 0.4) is 0 Å². The highest BCUT2D eigenvalue weighted by Gasteiger charge is 2.87. The second-order valence-corrected chi connectivity index (χ2v) is 17.2. The zero-order chi connectivity index (χ0) is 37.0. The monoisotopic (exact) mass is 722 g/mol. The van der Waals surface area contributed by atoms with Crippen LogP contribution in [0.5, 0.6) is 0 Å². The van der Waals surface area contributed by atoms with E-state index < -0.39 is 29.0 Å². The minimum atomic E-state index is -1.95. The van der Waals surface area contributed by atoms with Gasteiger partial charge in [0.15, 0.2) is 17.2 Å². The molecule has 2 aliphatic heterocycles. The standard InChI is InChI=1S/C42H66N4O6/c1-6-44-35-21-30-11-8-7-10-29(30)20-32(35)24-51-40(50)42-39(49)37-31(18-26(2)3)12-9-13-34(37)38(48)41(42,52-42)22-33(23-47)27(4)14-15-28-16-17-45-36(19-28)46-25-43-5/h8,11,21,26,28-29,31-32,34-37,43-47H,6-7,9-10,12-20,22-25H2,1-5H3. The van der Waals surface area contributed by atoms with Gasteiger partial charge in [-0.1, -0.05) is 51.0 Å². The van der Waals surface area contributed by atoms with Gasteiger partial charge >= 0.3 is 5.97 Å². The topological polar surface area (TPSA) is 141 Å². The smallest absolute Gasteiger partial charge is 0.350 e. The van der Waals surface area contributed by atoms with Crippen molar-refractivity contribution in [3.63, 3.8) is 0 Å². The summed E-state index contributed by atoms with van der Waals surface area (Å²) in [6, 6.07) is 0.0527. The number of allylic oxidation sites excluding steroid dienone is 4. The molecule has 0 bridgehead atoms. The van der Waals surface area contributed by atoms with Gasteiger partial charge in [-0.05, 0) is 126 Å². The first-order chi connectivity index (χ1) is 25.1. The molecule has 0 amide bonds. The first-order valence-corrected chi connectivity index (χ1v) is 20.6. The second-order valence-electron chi connectivity index (χ2n) is 17.2. The van der Waals surface area contributed by atoms with E-state index in [4.69, 9.17) is 9.47 Å². The van der Waals surface area contributed by atoms with Gasteiger partial charge in [-0.15, -0.1) is 0 Å². The number of carbonyl (C=O) groups is 3. The third-order valence-electron chi connectivity index (χ3n) is 13.4. The van der Waals surface area contributed by atoms with Crippen LogP contribution < -0.4 is 21.3 Å². The predicted octanol–water partition coefficient (Wildman–Crippen LogP) is 4.73. The molecule has 52 heavy (non-hydrogen) atoms. The molecule has 0 aromatic rings. The number of Topliss-reactive ketones (excluding diaryl/α,β-unsaturated/α-hetero) is 2. The van der Waals surface area contributed by atoms with Crippen molar-refractivity contribution in [3.05, 3.63) is 34.9 Å². The first kappa shape index (κ1) is 39.5. The molecule has 6 rings (SSSR count). The summed E-state index contributed by atoms with van der Waals surface area (Å²) in [5.74, 6) is -0.712. The molecule has 10 atom stereocenters. The van der Waals surface area contributed by atoms with E-state index in [9.17, 15) is 19.5 Å². The van der Waals surface area contributed by atoms with E-state index in [1.807, 2.05) is 14.0 Å². The zero-order valence-corrected chi connectivity index (χ0v) is 32.4. The average molecular weight is 723 g/mol. The van der Waals surface area contributed by atoms with Crippen LogP contribution in [-0.2, 0) is 23.9 Å². The van der Waals surface area contributed by atoms with E-state index in [0.717, 1.165) is 89.5 Å². The van der Waals surface area contributed by atoms with Gasteiger partial charge in [-0.2, -0.15) is 0 Å². The van der Waals surface area contributed by atoms with Crippen LogP contribution in [-0.4, -0.2) is 86.1 Å². The Labute approximate surface area is 311 Å². The van der Waals surface area contributed by atoms with Gasteiger partial charge in [-0.25, -0.2) is 4.79 Å². The Morgan fingerprint density at radius 1 is 1.12 bits per heavy atom. The summed E-state index contributed by atoms with van der Waals surface area (Å²) in [5, 5.41) is 24.5. The normalized spacial score (nSPS) is 37.5. The maximum absolute atomic E-state index is 14.9. The van der Waals surface area contributed by atoms with Crippen molar-refractivity contribution in [3.8, 4) is 0 Å². The lowest BCUT2D eigenvalue weighted by atomic mass is 9.56. The van der Waals surface area contributed by atoms with Crippen molar-refractivity contribution in [1.29, 1.82) is 0 Å². The van der Waals surface area contributed by atoms with Crippen LogP contribution in [0.15, 0.2) is 34.9 Å². The maximum atomic E-state index is 14.9. The first-order valence-electron chi connectivity index (χ1n) is 20.6. The van der Waals surface area contributed by atoms with Gasteiger partial charge in [0, 0.05) is 36.9 Å². The molecule has 4 aliphatic carbocycles. The van der Waals surface area contributed by atoms with Crippen LogP contribution >= 0.6 is 0 Å². The fraction of sp³-hybridized carbons (Fsp3) is 0.786. The van der Waals surface area contributed by atoms with Crippen LogP contribution in [0, 0.1) is 41.4 Å². The largest absolute Gasteiger partial charge is 0.463 e. The predicted molar refractivity (Wildman–Crippen MR) is 202 cm³/mol. The van der Waals surface area contributed by atoms with Crippen LogP contribution in [0.2, 0.25) is 0 Å². The van der Waals surface area contributed by atoms with E-state index in [1.165, 1.54) is 5.57 Å². The highest BCUT2D eigenvalue weighted by Crippen LogP contribution is 2.63. The van der Waals surface area contributed by atoms with Gasteiger partial charge in [-0.3, -0.25) is 14.9 Å². The van der Waals surface area contributed by atoms with Crippen molar-refractivity contribution in [2.24, 2.45) is 41.4 Å². The number of nitrogens with one attached hydrogen (secondary N) is 4. The molecular weight excluding hydrogens is 656 g/mol. The van der Waals surface area contributed by atoms with Crippen LogP contribution in [0.1, 0.15) is 105 Å². The number of fused-ring (bicyclic) bond motifs is 3. The van der Waals surface area contributed by atoms with E-state index in [-0.39, 0.29) is 55.2 Å². The SMILES string of the molecule is CCNC1C=C2C=CCCC2CC1COC(=O)C12OC1(CC(CO)=C(C)CCC1CCNC(NCNC)C1)C(=O)C1CCCC(CC(C)C)C1C2=O. The summed E-state index contributed by atoms with van der Waals surface area (Å²) in [7, 11) is 1.93. The molecule has 10 heteroatoms. The number of epoxide rings is 1. The second kappa shape index (κ2) is 17.1. The molecule has 6 aliphatic rings. The Bertz CT molecular complexity index is 1410. The van der Waals surface area contributed by atoms with Gasteiger partial charge in [0.2, 0.25) is 0 Å². The fourth-order valence-electron chi connectivity index (χ4n) is 10.6. The number of carbonyl (C=O) groups excluding carboxylic acids is 3. The summed E-state index contributed by atoms with van der Waals surface area (Å²) in [4.78, 5) is 44.2. The number of aliphatic hydroxyl groups is 1. The van der Waals surface area contributed by atoms with Crippen molar-refractivity contribution in [2.75, 3.05) is 40.0 Å². The lowest BCUT2D eigenvalue weighted by Crippen LogP contribution is -2.60. The van der Waals surface area contributed by atoms with Crippen molar-refractivity contribution in [2.45, 2.75) is 128 Å². The van der Waals surface area contributed by atoms with Crippen LogP contribution in [0.4, 0.5) is 0 Å². The molecule has 2 saturated carbocycles. The Balaban J connectivity index is 1.24. The third kappa shape index (κ3) is 7.80. The minimum Gasteiger partial charge on any atom is -0.463 e. The molecule has 0 spiro atoms. The number of rotatable bonds is 16. The summed E-state index contributed by atoms with van der Waals surface area (Å²) < 4.78 is 12.6. The Morgan fingerprint density at radius 3 is 2.69 bits per heavy atom. The number of hydrogen-bond acceptors (Lipinski definition) is 10. The van der Waals surface area contributed by atoms with Crippen molar-refractivity contribution >= 4 is 17.5 Å². The molecule has 10 unspecified atom stereocenters. The zero-order valence-electron chi connectivity index (χ0n) is 32.4. The molecule has 0 aromatic carbocycles. The lowest BCUT2D eigenvalue weighted by Gasteiger charge is -2.42. The summed E-state index contributed by atoms with van der Waals surface area (Å²) in [6.07, 6.45) is 17.1. The summed E-state index contributed by atoms with van der Waals surface area (Å²) >= 11 is 0. The lowest BCUT2D eigenvalue weighted by molar-refractivity contribution is -0.161. The number of esters is 1. The van der Waals surface area contributed by atoms with E-state index in [2.05, 4.69) is 60.3 Å². The molecule has 2 saturated heterocycles. The van der Waals surface area contributed by atoms with E-state index in [0.29, 0.717) is 29.7 Å². The highest BCUT2D eigenvalue weighted by atomic mass is 16.7. The van der Waals surface area contributed by atoms with Crippen LogP contribution in [0.25, 0.3) is 0 Å². The van der Waals surface area contributed by atoms with Gasteiger partial charge < -0.3 is 30.5 Å². The molecule has 2 heterocycles. The third-order valence-corrected chi connectivity index (χ3v) is 13.4. The summed E-state index contributed by atoms with van der Waals surface area (Å²) in [6.45, 7) is 10.8. The summed E-state index contributed by atoms with van der Waals surface area (Å²) in [5.41, 5.74) is -0.509. The fourth-order valence-corrected chi connectivity index (χ4v) is 10.6. The van der Waals surface area contributed by atoms with Crippen molar-refractivity contribution < 1.29 is 29.0 Å². The quantitative estimate of drug-likeness (QED) is 0.0500. The number of ketones is 2. The number of hydrogen-bond donors (Lipinski definition) is 5. The Hall–Kier alpha value is -2.21. The molecular formula is C42H66N4O6. The van der Waals surface area contributed by atoms with Gasteiger partial charge in [0.05, 0.1) is 19.4 Å². The maximum Gasteiger partial charge on any atom is 0.350 e. The number of piperidine rings is 1. The van der Waals surface area contributed by atoms with Crippen molar-refractivity contribution in [1.82, 2.24) is 21.3 Å². The molecule has 0 aromatic heterocycles. The molecule has 10 nitrogen and oxygen atoms in total. The molecule has 5 N–H and O–H groups in total. The van der Waals surface area contributed by atoms with E-state index in [1.54, 1.807) is 0 Å². The molecule has 290 valence electrons. The Kier molecular flexibility index (Phi) is 13.0. The van der Waals surface area contributed by atoms with Gasteiger partial charge in [0.25, 0.3) is 5.60 Å².